The number of hydrogen-bond acceptors (Lipinski definition) is 1. The molecule has 0 atom stereocenters. The Morgan fingerprint density at radius 2 is 1.62 bits per heavy atom. The molecule has 72 valence electrons. The Balaban J connectivity index is 2.88. The molecule has 0 radical (unpaired) electrons. The van der Waals surface area contributed by atoms with Crippen LogP contribution in [0.4, 0.5) is 13.2 Å². The molecule has 4 heteroatoms. The molecule has 0 aliphatic rings. The first-order valence-electron chi connectivity index (χ1n) is 3.98. The van der Waals surface area contributed by atoms with E-state index in [2.05, 4.69) is 0 Å². The second-order valence-electron chi connectivity index (χ2n) is 2.75. The number of nitrogens with two attached hydrogens (primary N) is 1. The molecule has 13 heavy (non-hydrogen) atoms. The lowest BCUT2D eigenvalue weighted by Crippen LogP contribution is -2.02. The van der Waals surface area contributed by atoms with Crippen LogP contribution in [0.5, 0.6) is 0 Å². The summed E-state index contributed by atoms with van der Waals surface area (Å²) in [6, 6.07) is 1.43. The van der Waals surface area contributed by atoms with E-state index in [1.807, 2.05) is 0 Å². The first kappa shape index (κ1) is 10.1. The Hall–Kier alpha value is -1.03. The SMILES string of the molecule is NCCCc1cc(F)c(F)cc1F. The third kappa shape index (κ3) is 2.45. The van der Waals surface area contributed by atoms with Gasteiger partial charge in [0.1, 0.15) is 5.82 Å². The highest BCUT2D eigenvalue weighted by Gasteiger charge is 2.08. The molecule has 1 aromatic rings. The molecule has 0 spiro atoms. The predicted molar refractivity (Wildman–Crippen MR) is 43.7 cm³/mol. The monoisotopic (exact) mass is 189 g/mol. The van der Waals surface area contributed by atoms with Crippen molar-refractivity contribution >= 4 is 0 Å². The van der Waals surface area contributed by atoms with Crippen molar-refractivity contribution in [3.63, 3.8) is 0 Å². The van der Waals surface area contributed by atoms with E-state index in [0.717, 1.165) is 6.07 Å². The molecule has 0 fully saturated rings. The number of aryl methyl sites for hydroxylation is 1. The van der Waals surface area contributed by atoms with Crippen molar-refractivity contribution in [2.24, 2.45) is 5.73 Å². The number of halogens is 3. The molecule has 0 saturated carbocycles. The Kier molecular flexibility index (Phi) is 3.31. The molecule has 0 aromatic heterocycles. The minimum Gasteiger partial charge on any atom is -0.330 e. The Labute approximate surface area is 74.4 Å². The van der Waals surface area contributed by atoms with E-state index in [-0.39, 0.29) is 5.56 Å². The van der Waals surface area contributed by atoms with E-state index in [4.69, 9.17) is 5.73 Å². The zero-order valence-corrected chi connectivity index (χ0v) is 6.99. The smallest absolute Gasteiger partial charge is 0.161 e. The van der Waals surface area contributed by atoms with E-state index < -0.39 is 17.5 Å². The van der Waals surface area contributed by atoms with Crippen LogP contribution in [0.3, 0.4) is 0 Å². The van der Waals surface area contributed by atoms with Gasteiger partial charge < -0.3 is 5.73 Å². The highest BCUT2D eigenvalue weighted by Crippen LogP contribution is 2.14. The van der Waals surface area contributed by atoms with Crippen LogP contribution in [-0.2, 0) is 6.42 Å². The van der Waals surface area contributed by atoms with Gasteiger partial charge >= 0.3 is 0 Å². The first-order valence-corrected chi connectivity index (χ1v) is 3.98. The van der Waals surface area contributed by atoms with Gasteiger partial charge in [-0.3, -0.25) is 0 Å². The van der Waals surface area contributed by atoms with Crippen molar-refractivity contribution in [2.45, 2.75) is 12.8 Å². The van der Waals surface area contributed by atoms with Crippen LogP contribution in [0.15, 0.2) is 12.1 Å². The van der Waals surface area contributed by atoms with Crippen LogP contribution in [0.1, 0.15) is 12.0 Å². The van der Waals surface area contributed by atoms with Crippen LogP contribution in [0.25, 0.3) is 0 Å². The second kappa shape index (κ2) is 4.28. The van der Waals surface area contributed by atoms with Crippen molar-refractivity contribution in [3.05, 3.63) is 35.1 Å². The molecule has 0 unspecified atom stereocenters. The maximum Gasteiger partial charge on any atom is 0.161 e. The molecule has 1 nitrogen and oxygen atoms in total. The molecule has 0 heterocycles. The van der Waals surface area contributed by atoms with Crippen molar-refractivity contribution in [1.29, 1.82) is 0 Å². The summed E-state index contributed by atoms with van der Waals surface area (Å²) in [4.78, 5) is 0. The van der Waals surface area contributed by atoms with Gasteiger partial charge in [0.15, 0.2) is 11.6 Å². The van der Waals surface area contributed by atoms with Crippen molar-refractivity contribution in [3.8, 4) is 0 Å². The Morgan fingerprint density at radius 3 is 2.23 bits per heavy atom. The van der Waals surface area contributed by atoms with Crippen molar-refractivity contribution < 1.29 is 13.2 Å². The third-order valence-corrected chi connectivity index (χ3v) is 1.74. The number of hydrogen-bond donors (Lipinski definition) is 1. The van der Waals surface area contributed by atoms with E-state index in [0.29, 0.717) is 25.5 Å². The fourth-order valence-electron chi connectivity index (χ4n) is 1.05. The van der Waals surface area contributed by atoms with Gasteiger partial charge in [0.05, 0.1) is 0 Å². The van der Waals surface area contributed by atoms with Gasteiger partial charge in [-0.1, -0.05) is 0 Å². The lowest BCUT2D eigenvalue weighted by molar-refractivity contribution is 0.489. The third-order valence-electron chi connectivity index (χ3n) is 1.74. The van der Waals surface area contributed by atoms with Crippen molar-refractivity contribution in [1.82, 2.24) is 0 Å². The topological polar surface area (TPSA) is 26.0 Å². The minimum absolute atomic E-state index is 0.171. The molecule has 2 N–H and O–H groups in total. The van der Waals surface area contributed by atoms with Crippen LogP contribution < -0.4 is 5.73 Å². The second-order valence-corrected chi connectivity index (χ2v) is 2.75. The summed E-state index contributed by atoms with van der Waals surface area (Å²) in [5, 5.41) is 0. The lowest BCUT2D eigenvalue weighted by Gasteiger charge is -2.02. The van der Waals surface area contributed by atoms with Gasteiger partial charge in [-0.2, -0.15) is 0 Å². The molecule has 0 saturated heterocycles. The molecular weight excluding hydrogens is 179 g/mol. The van der Waals surface area contributed by atoms with Gasteiger partial charge in [-0.05, 0) is 31.0 Å². The quantitative estimate of drug-likeness (QED) is 0.723. The Bertz CT molecular complexity index is 299. The van der Waals surface area contributed by atoms with Gasteiger partial charge in [0.25, 0.3) is 0 Å². The summed E-state index contributed by atoms with van der Waals surface area (Å²) in [7, 11) is 0. The summed E-state index contributed by atoms with van der Waals surface area (Å²) < 4.78 is 38.0. The highest BCUT2D eigenvalue weighted by atomic mass is 19.2. The van der Waals surface area contributed by atoms with E-state index in [1.165, 1.54) is 0 Å². The molecule has 0 amide bonds. The van der Waals surface area contributed by atoms with Crippen LogP contribution in [0, 0.1) is 17.5 Å². The highest BCUT2D eigenvalue weighted by molar-refractivity contribution is 5.20. The average Bonchev–Trinajstić information content (AvgIpc) is 2.09. The summed E-state index contributed by atoms with van der Waals surface area (Å²) >= 11 is 0. The predicted octanol–water partition coefficient (Wildman–Crippen LogP) is 2.00. The summed E-state index contributed by atoms with van der Waals surface area (Å²) in [5.74, 6) is -2.89. The van der Waals surface area contributed by atoms with Crippen LogP contribution in [0.2, 0.25) is 0 Å². The lowest BCUT2D eigenvalue weighted by atomic mass is 10.1. The van der Waals surface area contributed by atoms with Gasteiger partial charge in [0.2, 0.25) is 0 Å². The zero-order valence-electron chi connectivity index (χ0n) is 6.99. The maximum absolute atomic E-state index is 12.9. The fraction of sp³-hybridized carbons (Fsp3) is 0.333. The molecule has 0 aliphatic heterocycles. The van der Waals surface area contributed by atoms with Crippen LogP contribution >= 0.6 is 0 Å². The largest absolute Gasteiger partial charge is 0.330 e. The van der Waals surface area contributed by atoms with Gasteiger partial charge in [-0.25, -0.2) is 13.2 Å². The molecular formula is C9H10F3N. The van der Waals surface area contributed by atoms with E-state index >= 15 is 0 Å². The average molecular weight is 189 g/mol. The minimum atomic E-state index is -1.16. The van der Waals surface area contributed by atoms with Crippen molar-refractivity contribution in [2.75, 3.05) is 6.54 Å². The molecule has 1 aromatic carbocycles. The first-order chi connectivity index (χ1) is 6.15. The Morgan fingerprint density at radius 1 is 1.00 bits per heavy atom. The standard InChI is InChI=1S/C9H10F3N/c10-7-5-9(12)8(11)4-6(7)2-1-3-13/h4-5H,1-3,13H2. The number of rotatable bonds is 3. The fourth-order valence-corrected chi connectivity index (χ4v) is 1.05. The molecule has 1 rings (SSSR count). The summed E-state index contributed by atoms with van der Waals surface area (Å²) in [6.07, 6.45) is 0.890. The van der Waals surface area contributed by atoms with Gasteiger partial charge in [-0.15, -0.1) is 0 Å². The molecule has 0 bridgehead atoms. The normalized spacial score (nSPS) is 10.5. The van der Waals surface area contributed by atoms with Gasteiger partial charge in [0, 0.05) is 6.07 Å². The summed E-state index contributed by atoms with van der Waals surface area (Å²) in [5.41, 5.74) is 5.37. The summed E-state index contributed by atoms with van der Waals surface area (Å²) in [6.45, 7) is 0.401. The van der Waals surface area contributed by atoms with E-state index in [9.17, 15) is 13.2 Å². The number of benzene rings is 1. The maximum atomic E-state index is 12.9. The van der Waals surface area contributed by atoms with Crippen LogP contribution in [-0.4, -0.2) is 6.54 Å². The van der Waals surface area contributed by atoms with E-state index in [1.54, 1.807) is 0 Å². The zero-order chi connectivity index (χ0) is 9.84. The molecule has 0 aliphatic carbocycles.